The van der Waals surface area contributed by atoms with Crippen LogP contribution in [-0.4, -0.2) is 32.2 Å². The van der Waals surface area contributed by atoms with Gasteiger partial charge in [0.05, 0.1) is 14.2 Å². The Hall–Kier alpha value is -1.75. The summed E-state index contributed by atoms with van der Waals surface area (Å²) in [5, 5.41) is 0. The van der Waals surface area contributed by atoms with E-state index in [1.54, 1.807) is 14.2 Å². The third-order valence-electron chi connectivity index (χ3n) is 3.58. The second-order valence-electron chi connectivity index (χ2n) is 5.16. The Morgan fingerprint density at radius 1 is 0.957 bits per heavy atom. The van der Waals surface area contributed by atoms with Crippen LogP contribution in [0.3, 0.4) is 0 Å². The molecule has 2 N–H and O–H groups in total. The van der Waals surface area contributed by atoms with Gasteiger partial charge < -0.3 is 15.2 Å². The van der Waals surface area contributed by atoms with Crippen LogP contribution in [0.2, 0.25) is 0 Å². The van der Waals surface area contributed by atoms with Crippen molar-refractivity contribution in [2.45, 2.75) is 13.1 Å². The molecule has 2 aromatic carbocycles. The number of hydrogen-bond donors (Lipinski definition) is 1. The van der Waals surface area contributed by atoms with Crippen molar-refractivity contribution in [1.82, 2.24) is 4.90 Å². The minimum Gasteiger partial charge on any atom is -0.497 e. The lowest BCUT2D eigenvalue weighted by Crippen LogP contribution is -2.28. The first-order chi connectivity index (χ1) is 10.8. The summed E-state index contributed by atoms with van der Waals surface area (Å²) in [6.07, 6.45) is 0. The van der Waals surface area contributed by atoms with Gasteiger partial charge in [-0.15, -0.1) is 12.4 Å². The molecule has 0 fully saturated rings. The average molecular weight is 337 g/mol. The predicted molar refractivity (Wildman–Crippen MR) is 96.4 cm³/mol. The molecule has 5 heteroatoms. The van der Waals surface area contributed by atoms with Crippen molar-refractivity contribution >= 4 is 12.4 Å². The van der Waals surface area contributed by atoms with E-state index in [1.165, 1.54) is 5.56 Å². The van der Waals surface area contributed by atoms with Gasteiger partial charge in [0.2, 0.25) is 0 Å². The lowest BCUT2D eigenvalue weighted by atomic mass is 10.1. The zero-order chi connectivity index (χ0) is 15.8. The minimum atomic E-state index is 0. The van der Waals surface area contributed by atoms with E-state index in [-0.39, 0.29) is 12.4 Å². The van der Waals surface area contributed by atoms with E-state index >= 15 is 0 Å². The normalized spacial score (nSPS) is 10.3. The maximum absolute atomic E-state index is 5.76. The molecule has 0 aromatic heterocycles. The van der Waals surface area contributed by atoms with Crippen LogP contribution in [0.5, 0.6) is 11.5 Å². The van der Waals surface area contributed by atoms with E-state index < -0.39 is 0 Å². The highest BCUT2D eigenvalue weighted by atomic mass is 35.5. The maximum Gasteiger partial charge on any atom is 0.127 e. The number of nitrogens with zero attached hydrogens (tertiary/aromatic N) is 1. The van der Waals surface area contributed by atoms with Gasteiger partial charge >= 0.3 is 0 Å². The SMILES string of the molecule is COc1ccc(CN(CCN)Cc2ccccc2)c(OC)c1.Cl. The first-order valence-electron chi connectivity index (χ1n) is 7.44. The van der Waals surface area contributed by atoms with Crippen LogP contribution < -0.4 is 15.2 Å². The summed E-state index contributed by atoms with van der Waals surface area (Å²) >= 11 is 0. The fourth-order valence-corrected chi connectivity index (χ4v) is 2.46. The highest BCUT2D eigenvalue weighted by Crippen LogP contribution is 2.26. The van der Waals surface area contributed by atoms with Gasteiger partial charge in [0.25, 0.3) is 0 Å². The van der Waals surface area contributed by atoms with Crippen LogP contribution in [-0.2, 0) is 13.1 Å². The number of nitrogens with two attached hydrogens (primary N) is 1. The van der Waals surface area contributed by atoms with E-state index in [9.17, 15) is 0 Å². The predicted octanol–water partition coefficient (Wildman–Crippen LogP) is 3.09. The third-order valence-corrected chi connectivity index (χ3v) is 3.58. The molecule has 2 aromatic rings. The summed E-state index contributed by atoms with van der Waals surface area (Å²) in [6, 6.07) is 16.3. The molecule has 0 heterocycles. The molecular formula is C18H25ClN2O2. The van der Waals surface area contributed by atoms with Gasteiger partial charge in [0.15, 0.2) is 0 Å². The summed E-state index contributed by atoms with van der Waals surface area (Å²) in [5.41, 5.74) is 8.17. The molecule has 0 radical (unpaired) electrons. The van der Waals surface area contributed by atoms with Gasteiger partial charge in [-0.05, 0) is 11.6 Å². The van der Waals surface area contributed by atoms with Crippen LogP contribution in [0.25, 0.3) is 0 Å². The molecular weight excluding hydrogens is 312 g/mol. The highest BCUT2D eigenvalue weighted by Gasteiger charge is 2.11. The largest absolute Gasteiger partial charge is 0.497 e. The van der Waals surface area contributed by atoms with E-state index in [0.29, 0.717) is 6.54 Å². The standard InChI is InChI=1S/C18H24N2O2.ClH/c1-21-17-9-8-16(18(12-17)22-2)14-20(11-10-19)13-15-6-4-3-5-7-15;/h3-9,12H,10-11,13-14,19H2,1-2H3;1H. The number of halogens is 1. The van der Waals surface area contributed by atoms with Crippen molar-refractivity contribution in [2.75, 3.05) is 27.3 Å². The van der Waals surface area contributed by atoms with Crippen LogP contribution in [0.4, 0.5) is 0 Å². The monoisotopic (exact) mass is 336 g/mol. The average Bonchev–Trinajstić information content (AvgIpc) is 2.56. The Morgan fingerprint density at radius 3 is 2.30 bits per heavy atom. The smallest absolute Gasteiger partial charge is 0.127 e. The molecule has 0 amide bonds. The molecule has 0 saturated heterocycles. The van der Waals surface area contributed by atoms with Crippen molar-refractivity contribution < 1.29 is 9.47 Å². The van der Waals surface area contributed by atoms with Crippen LogP contribution >= 0.6 is 12.4 Å². The van der Waals surface area contributed by atoms with Gasteiger partial charge in [0.1, 0.15) is 11.5 Å². The van der Waals surface area contributed by atoms with Gasteiger partial charge in [-0.1, -0.05) is 36.4 Å². The lowest BCUT2D eigenvalue weighted by Gasteiger charge is -2.23. The molecule has 23 heavy (non-hydrogen) atoms. The van der Waals surface area contributed by atoms with Crippen molar-refractivity contribution in [2.24, 2.45) is 5.73 Å². The van der Waals surface area contributed by atoms with Crippen molar-refractivity contribution in [3.05, 3.63) is 59.7 Å². The van der Waals surface area contributed by atoms with E-state index in [1.807, 2.05) is 24.3 Å². The van der Waals surface area contributed by atoms with Gasteiger partial charge in [-0.25, -0.2) is 0 Å². The number of benzene rings is 2. The number of rotatable bonds is 8. The summed E-state index contributed by atoms with van der Waals surface area (Å²) in [6.45, 7) is 3.13. The minimum absolute atomic E-state index is 0. The number of ether oxygens (including phenoxy) is 2. The summed E-state index contributed by atoms with van der Waals surface area (Å²) in [5.74, 6) is 1.64. The molecule has 0 aliphatic rings. The molecule has 0 aliphatic heterocycles. The summed E-state index contributed by atoms with van der Waals surface area (Å²) in [7, 11) is 3.34. The molecule has 0 atom stereocenters. The molecule has 0 unspecified atom stereocenters. The Bertz CT molecular complexity index is 578. The van der Waals surface area contributed by atoms with Crippen molar-refractivity contribution in [3.63, 3.8) is 0 Å². The molecule has 4 nitrogen and oxygen atoms in total. The van der Waals surface area contributed by atoms with Crippen LogP contribution in [0, 0.1) is 0 Å². The second-order valence-corrected chi connectivity index (χ2v) is 5.16. The molecule has 0 spiro atoms. The fourth-order valence-electron chi connectivity index (χ4n) is 2.46. The van der Waals surface area contributed by atoms with Crippen LogP contribution in [0.15, 0.2) is 48.5 Å². The first kappa shape index (κ1) is 19.3. The molecule has 0 bridgehead atoms. The molecule has 0 aliphatic carbocycles. The van der Waals surface area contributed by atoms with Gasteiger partial charge in [-0.3, -0.25) is 4.90 Å². The highest BCUT2D eigenvalue weighted by molar-refractivity contribution is 5.85. The second kappa shape index (κ2) is 10.1. The van der Waals surface area contributed by atoms with E-state index in [4.69, 9.17) is 15.2 Å². The summed E-state index contributed by atoms with van der Waals surface area (Å²) < 4.78 is 10.7. The quantitative estimate of drug-likeness (QED) is 0.804. The van der Waals surface area contributed by atoms with Gasteiger partial charge in [-0.2, -0.15) is 0 Å². The lowest BCUT2D eigenvalue weighted by molar-refractivity contribution is 0.259. The maximum atomic E-state index is 5.76. The molecule has 126 valence electrons. The Kier molecular flexibility index (Phi) is 8.48. The first-order valence-corrected chi connectivity index (χ1v) is 7.44. The zero-order valence-electron chi connectivity index (χ0n) is 13.7. The number of methoxy groups -OCH3 is 2. The van der Waals surface area contributed by atoms with Crippen LogP contribution in [0.1, 0.15) is 11.1 Å². The third kappa shape index (κ3) is 5.75. The van der Waals surface area contributed by atoms with Crippen molar-refractivity contribution in [3.8, 4) is 11.5 Å². The zero-order valence-corrected chi connectivity index (χ0v) is 14.5. The Labute approximate surface area is 144 Å². The molecule has 2 rings (SSSR count). The van der Waals surface area contributed by atoms with E-state index in [2.05, 4.69) is 29.2 Å². The summed E-state index contributed by atoms with van der Waals surface area (Å²) in [4.78, 5) is 2.32. The Morgan fingerprint density at radius 2 is 1.70 bits per heavy atom. The topological polar surface area (TPSA) is 47.7 Å². The van der Waals surface area contributed by atoms with Crippen molar-refractivity contribution in [1.29, 1.82) is 0 Å². The van der Waals surface area contributed by atoms with Gasteiger partial charge in [0, 0.05) is 37.8 Å². The fraction of sp³-hybridized carbons (Fsp3) is 0.333. The number of hydrogen-bond acceptors (Lipinski definition) is 4. The van der Waals surface area contributed by atoms with E-state index in [0.717, 1.165) is 36.7 Å². The molecule has 0 saturated carbocycles. The Balaban J connectivity index is 0.00000264.